The van der Waals surface area contributed by atoms with Crippen molar-refractivity contribution in [3.63, 3.8) is 0 Å². The molecule has 0 saturated carbocycles. The molecule has 6 nitrogen and oxygen atoms in total. The van der Waals surface area contributed by atoms with Gasteiger partial charge in [-0.25, -0.2) is 0 Å². The van der Waals surface area contributed by atoms with Gasteiger partial charge in [0, 0.05) is 27.4 Å². The molecule has 9 heteroatoms. The summed E-state index contributed by atoms with van der Waals surface area (Å²) in [5.74, 6) is 1.93. The SMILES string of the molecule is CCCn1c(SCC(=O)Nc2cc(Cl)ccc2OC)nnc1-c1csc(C(C)C)c1. The van der Waals surface area contributed by atoms with E-state index in [0.717, 1.165) is 29.5 Å². The minimum absolute atomic E-state index is 0.161. The van der Waals surface area contributed by atoms with Gasteiger partial charge >= 0.3 is 0 Å². The number of anilines is 1. The summed E-state index contributed by atoms with van der Waals surface area (Å²) in [5.41, 5.74) is 1.62. The first kappa shape index (κ1) is 22.7. The van der Waals surface area contributed by atoms with E-state index in [0.29, 0.717) is 22.4 Å². The van der Waals surface area contributed by atoms with Crippen LogP contribution in [0.1, 0.15) is 38.0 Å². The molecular formula is C21H25ClN4O2S2. The van der Waals surface area contributed by atoms with Crippen molar-refractivity contribution in [2.45, 2.75) is 44.8 Å². The molecule has 0 aliphatic rings. The number of benzene rings is 1. The molecule has 2 heterocycles. The lowest BCUT2D eigenvalue weighted by molar-refractivity contribution is -0.113. The van der Waals surface area contributed by atoms with E-state index in [1.165, 1.54) is 16.6 Å². The van der Waals surface area contributed by atoms with Gasteiger partial charge in [-0.2, -0.15) is 0 Å². The molecule has 0 radical (unpaired) electrons. The number of thioether (sulfide) groups is 1. The number of aromatic nitrogens is 3. The fraction of sp³-hybridized carbons (Fsp3) is 0.381. The van der Waals surface area contributed by atoms with Crippen LogP contribution in [-0.2, 0) is 11.3 Å². The van der Waals surface area contributed by atoms with Crippen molar-refractivity contribution in [3.05, 3.63) is 39.5 Å². The lowest BCUT2D eigenvalue weighted by Crippen LogP contribution is -2.15. The van der Waals surface area contributed by atoms with Crippen LogP contribution in [0, 0.1) is 0 Å². The lowest BCUT2D eigenvalue weighted by Gasteiger charge is -2.11. The van der Waals surface area contributed by atoms with Gasteiger partial charge in [0.1, 0.15) is 5.75 Å². The van der Waals surface area contributed by atoms with E-state index in [1.54, 1.807) is 36.6 Å². The molecule has 0 fully saturated rings. The number of nitrogens with zero attached hydrogens (tertiary/aromatic N) is 3. The summed E-state index contributed by atoms with van der Waals surface area (Å²) in [6, 6.07) is 7.29. The van der Waals surface area contributed by atoms with Crippen molar-refractivity contribution in [2.75, 3.05) is 18.2 Å². The molecule has 3 rings (SSSR count). The highest BCUT2D eigenvalue weighted by atomic mass is 35.5. The second-order valence-corrected chi connectivity index (χ2v) is 9.35. The Bertz CT molecular complexity index is 1020. The van der Waals surface area contributed by atoms with Crippen LogP contribution in [0.3, 0.4) is 0 Å². The molecule has 0 spiro atoms. The van der Waals surface area contributed by atoms with Crippen molar-refractivity contribution in [1.82, 2.24) is 14.8 Å². The standard InChI is InChI=1S/C21H25ClN4O2S2/c1-5-8-26-20(14-9-18(13(2)3)29-11-14)24-25-21(26)30-12-19(27)23-16-10-15(22)6-7-17(16)28-4/h6-7,9-11,13H,5,8,12H2,1-4H3,(H,23,27). The fourth-order valence-corrected chi connectivity index (χ4v) is 4.74. The second-order valence-electron chi connectivity index (χ2n) is 7.03. The largest absolute Gasteiger partial charge is 0.495 e. The molecule has 1 amide bonds. The number of amides is 1. The molecule has 0 atom stereocenters. The predicted molar refractivity (Wildman–Crippen MR) is 125 cm³/mol. The van der Waals surface area contributed by atoms with E-state index in [2.05, 4.69) is 52.3 Å². The summed E-state index contributed by atoms with van der Waals surface area (Å²) in [5, 5.41) is 15.0. The molecular weight excluding hydrogens is 440 g/mol. The first-order valence-corrected chi connectivity index (χ1v) is 12.0. The smallest absolute Gasteiger partial charge is 0.234 e. The van der Waals surface area contributed by atoms with Gasteiger partial charge in [-0.3, -0.25) is 4.79 Å². The van der Waals surface area contributed by atoms with Crippen LogP contribution in [0.5, 0.6) is 5.75 Å². The number of rotatable bonds is 9. The summed E-state index contributed by atoms with van der Waals surface area (Å²) < 4.78 is 7.37. The van der Waals surface area contributed by atoms with E-state index < -0.39 is 0 Å². The number of hydrogen-bond acceptors (Lipinski definition) is 6. The Hall–Kier alpha value is -2.03. The molecule has 0 unspecified atom stereocenters. The maximum Gasteiger partial charge on any atom is 0.234 e. The topological polar surface area (TPSA) is 69.0 Å². The molecule has 0 saturated heterocycles. The summed E-state index contributed by atoms with van der Waals surface area (Å²) in [4.78, 5) is 13.8. The van der Waals surface area contributed by atoms with Crippen molar-refractivity contribution in [1.29, 1.82) is 0 Å². The molecule has 0 aliphatic carbocycles. The van der Waals surface area contributed by atoms with Gasteiger partial charge in [-0.15, -0.1) is 21.5 Å². The minimum Gasteiger partial charge on any atom is -0.495 e. The van der Waals surface area contributed by atoms with Gasteiger partial charge in [0.2, 0.25) is 5.91 Å². The maximum absolute atomic E-state index is 12.5. The van der Waals surface area contributed by atoms with Gasteiger partial charge in [-0.05, 0) is 36.6 Å². The van der Waals surface area contributed by atoms with Crippen LogP contribution in [0.15, 0.2) is 34.8 Å². The molecule has 0 bridgehead atoms. The normalized spacial score (nSPS) is 11.1. The van der Waals surface area contributed by atoms with Crippen LogP contribution >= 0.6 is 34.7 Å². The first-order chi connectivity index (χ1) is 14.4. The molecule has 1 N–H and O–H groups in total. The molecule has 1 aromatic carbocycles. The number of methoxy groups -OCH3 is 1. The highest BCUT2D eigenvalue weighted by Gasteiger charge is 2.17. The zero-order chi connectivity index (χ0) is 21.7. The highest BCUT2D eigenvalue weighted by molar-refractivity contribution is 7.99. The van der Waals surface area contributed by atoms with Crippen LogP contribution in [-0.4, -0.2) is 33.5 Å². The van der Waals surface area contributed by atoms with E-state index in [9.17, 15) is 4.79 Å². The van der Waals surface area contributed by atoms with Crippen molar-refractivity contribution in [2.24, 2.45) is 0 Å². The Morgan fingerprint density at radius 1 is 1.33 bits per heavy atom. The zero-order valence-electron chi connectivity index (χ0n) is 17.4. The molecule has 0 aliphatic heterocycles. The van der Waals surface area contributed by atoms with E-state index in [1.807, 2.05) is 0 Å². The van der Waals surface area contributed by atoms with Crippen molar-refractivity contribution < 1.29 is 9.53 Å². The van der Waals surface area contributed by atoms with Gasteiger partial charge in [0.25, 0.3) is 0 Å². The monoisotopic (exact) mass is 464 g/mol. The number of thiophene rings is 1. The highest BCUT2D eigenvalue weighted by Crippen LogP contribution is 2.32. The summed E-state index contributed by atoms with van der Waals surface area (Å²) >= 11 is 9.14. The van der Waals surface area contributed by atoms with Gasteiger partial charge in [0.15, 0.2) is 11.0 Å². The maximum atomic E-state index is 12.5. The Kier molecular flexibility index (Phi) is 7.80. The van der Waals surface area contributed by atoms with Crippen LogP contribution in [0.25, 0.3) is 11.4 Å². The van der Waals surface area contributed by atoms with Crippen LogP contribution in [0.2, 0.25) is 5.02 Å². The Balaban J connectivity index is 1.73. The third kappa shape index (κ3) is 5.36. The van der Waals surface area contributed by atoms with Gasteiger partial charge < -0.3 is 14.6 Å². The average molecular weight is 465 g/mol. The van der Waals surface area contributed by atoms with Crippen LogP contribution < -0.4 is 10.1 Å². The fourth-order valence-electron chi connectivity index (χ4n) is 2.90. The summed E-state index contributed by atoms with van der Waals surface area (Å²) in [7, 11) is 1.55. The number of carbonyl (C=O) groups excluding carboxylic acids is 1. The Labute approximate surface area is 190 Å². The number of hydrogen-bond donors (Lipinski definition) is 1. The second kappa shape index (κ2) is 10.3. The molecule has 3 aromatic rings. The third-order valence-electron chi connectivity index (χ3n) is 4.38. The molecule has 160 valence electrons. The Morgan fingerprint density at radius 2 is 2.13 bits per heavy atom. The number of nitrogens with one attached hydrogen (secondary N) is 1. The zero-order valence-corrected chi connectivity index (χ0v) is 19.8. The lowest BCUT2D eigenvalue weighted by atomic mass is 10.1. The summed E-state index contributed by atoms with van der Waals surface area (Å²) in [6.45, 7) is 7.27. The van der Waals surface area contributed by atoms with Gasteiger partial charge in [0.05, 0.1) is 18.6 Å². The predicted octanol–water partition coefficient (Wildman–Crippen LogP) is 5.93. The van der Waals surface area contributed by atoms with E-state index in [-0.39, 0.29) is 11.7 Å². The van der Waals surface area contributed by atoms with Gasteiger partial charge in [-0.1, -0.05) is 44.1 Å². The number of carbonyl (C=O) groups is 1. The minimum atomic E-state index is -0.161. The van der Waals surface area contributed by atoms with Crippen LogP contribution in [0.4, 0.5) is 5.69 Å². The average Bonchev–Trinajstić information content (AvgIpc) is 3.34. The Morgan fingerprint density at radius 3 is 2.80 bits per heavy atom. The van der Waals surface area contributed by atoms with E-state index in [4.69, 9.17) is 16.3 Å². The quantitative estimate of drug-likeness (QED) is 0.397. The number of halogens is 1. The first-order valence-electron chi connectivity index (χ1n) is 9.71. The summed E-state index contributed by atoms with van der Waals surface area (Å²) in [6.07, 6.45) is 0.950. The molecule has 2 aromatic heterocycles. The molecule has 30 heavy (non-hydrogen) atoms. The number of ether oxygens (including phenoxy) is 1. The third-order valence-corrected chi connectivity index (χ3v) is 6.81. The van der Waals surface area contributed by atoms with Crippen molar-refractivity contribution in [3.8, 4) is 17.1 Å². The van der Waals surface area contributed by atoms with E-state index >= 15 is 0 Å². The van der Waals surface area contributed by atoms with Crippen molar-refractivity contribution >= 4 is 46.3 Å².